The van der Waals surface area contributed by atoms with Crippen LogP contribution in [-0.4, -0.2) is 17.1 Å². The largest absolute Gasteiger partial charge is 0.482 e. The Morgan fingerprint density at radius 2 is 2.11 bits per heavy atom. The zero-order valence-electron chi connectivity index (χ0n) is 14.6. The first-order chi connectivity index (χ1) is 13.6. The van der Waals surface area contributed by atoms with E-state index >= 15 is 0 Å². The molecule has 1 amide bonds. The van der Waals surface area contributed by atoms with Gasteiger partial charge in [0.25, 0.3) is 5.91 Å². The second-order valence-electron chi connectivity index (χ2n) is 6.76. The molecule has 2 aliphatic rings. The first-order valence-corrected chi connectivity index (χ1v) is 10.1. The Balaban J connectivity index is 1.60. The van der Waals surface area contributed by atoms with E-state index in [4.69, 9.17) is 16.3 Å². The molecule has 28 heavy (non-hydrogen) atoms. The molecule has 2 aromatic carbocycles. The number of carbonyl (C=O) groups excluding carboxylic acids is 1. The Hall–Kier alpha value is -2.64. The lowest BCUT2D eigenvalue weighted by Crippen LogP contribution is -2.25. The van der Waals surface area contributed by atoms with Gasteiger partial charge in [-0.15, -0.1) is 11.3 Å². The maximum absolute atomic E-state index is 13.8. The molecule has 8 heteroatoms. The van der Waals surface area contributed by atoms with Crippen molar-refractivity contribution < 1.29 is 13.9 Å². The lowest BCUT2D eigenvalue weighted by Gasteiger charge is -2.19. The van der Waals surface area contributed by atoms with Crippen molar-refractivity contribution in [2.24, 2.45) is 4.99 Å². The van der Waals surface area contributed by atoms with Crippen molar-refractivity contribution in [2.45, 2.75) is 18.9 Å². The number of ether oxygens (including phenoxy) is 1. The number of aromatic nitrogens is 1. The zero-order chi connectivity index (χ0) is 19.3. The average Bonchev–Trinajstić information content (AvgIpc) is 3.44. The van der Waals surface area contributed by atoms with Gasteiger partial charge in [0.1, 0.15) is 11.6 Å². The third kappa shape index (κ3) is 3.21. The highest BCUT2D eigenvalue weighted by Crippen LogP contribution is 2.40. The van der Waals surface area contributed by atoms with Crippen LogP contribution in [0.25, 0.3) is 11.3 Å². The second kappa shape index (κ2) is 6.76. The molecule has 1 aliphatic carbocycles. The smallest absolute Gasteiger partial charge is 0.262 e. The van der Waals surface area contributed by atoms with Crippen LogP contribution in [0.5, 0.6) is 5.75 Å². The number of thiazole rings is 1. The maximum atomic E-state index is 13.8. The minimum atomic E-state index is -0.483. The number of amides is 1. The summed E-state index contributed by atoms with van der Waals surface area (Å²) in [6.45, 7) is 0.0353. The van der Waals surface area contributed by atoms with Gasteiger partial charge in [0, 0.05) is 23.1 Å². The molecule has 3 aromatic rings. The Kier molecular flexibility index (Phi) is 4.21. The van der Waals surface area contributed by atoms with Gasteiger partial charge in [-0.1, -0.05) is 11.6 Å². The minimum Gasteiger partial charge on any atom is -0.482 e. The number of halogens is 2. The summed E-state index contributed by atoms with van der Waals surface area (Å²) in [7, 11) is 0. The molecule has 0 unspecified atom stereocenters. The van der Waals surface area contributed by atoms with Crippen molar-refractivity contribution in [1.29, 1.82) is 0 Å². The van der Waals surface area contributed by atoms with Gasteiger partial charge in [0.15, 0.2) is 11.4 Å². The summed E-state index contributed by atoms with van der Waals surface area (Å²) in [4.78, 5) is 17.1. The Morgan fingerprint density at radius 3 is 2.89 bits per heavy atom. The van der Waals surface area contributed by atoms with Gasteiger partial charge < -0.3 is 14.6 Å². The molecule has 1 aromatic heterocycles. The van der Waals surface area contributed by atoms with E-state index in [2.05, 4.69) is 14.9 Å². The number of nitrogens with one attached hydrogen (secondary N) is 1. The molecule has 0 radical (unpaired) electrons. The molecular formula is C20H15ClFN3O2S. The summed E-state index contributed by atoms with van der Waals surface area (Å²) in [5.74, 6) is 0.0201. The van der Waals surface area contributed by atoms with E-state index in [0.29, 0.717) is 23.2 Å². The van der Waals surface area contributed by atoms with E-state index in [-0.39, 0.29) is 17.5 Å². The number of hydrogen-bond acceptors (Lipinski definition) is 4. The van der Waals surface area contributed by atoms with Crippen molar-refractivity contribution >= 4 is 40.2 Å². The van der Waals surface area contributed by atoms with Crippen LogP contribution in [0.3, 0.4) is 0 Å². The van der Waals surface area contributed by atoms with Crippen LogP contribution in [0.1, 0.15) is 18.9 Å². The molecule has 142 valence electrons. The van der Waals surface area contributed by atoms with Crippen LogP contribution in [0, 0.1) is 5.82 Å². The van der Waals surface area contributed by atoms with E-state index in [1.165, 1.54) is 23.5 Å². The molecule has 0 atom stereocenters. The number of fused-ring (bicyclic) bond motifs is 1. The summed E-state index contributed by atoms with van der Waals surface area (Å²) < 4.78 is 21.4. The van der Waals surface area contributed by atoms with Crippen LogP contribution < -0.4 is 14.9 Å². The van der Waals surface area contributed by atoms with Crippen molar-refractivity contribution in [3.05, 3.63) is 57.4 Å². The van der Waals surface area contributed by atoms with Gasteiger partial charge in [0.05, 0.1) is 22.1 Å². The molecule has 0 bridgehead atoms. The summed E-state index contributed by atoms with van der Waals surface area (Å²) in [6.07, 6.45) is 2.16. The lowest BCUT2D eigenvalue weighted by atomic mass is 10.1. The molecule has 2 heterocycles. The van der Waals surface area contributed by atoms with Crippen molar-refractivity contribution in [1.82, 2.24) is 4.57 Å². The molecule has 1 N–H and O–H groups in total. The summed E-state index contributed by atoms with van der Waals surface area (Å²) in [6, 6.07) is 10.7. The highest BCUT2D eigenvalue weighted by molar-refractivity contribution is 7.07. The SMILES string of the molecule is O=C1COc2ccc(-c3csc(=Nc4ccc(Cl)c(F)c4)n3C3CC3)cc2N1. The molecule has 1 fully saturated rings. The molecule has 5 nitrogen and oxygen atoms in total. The average molecular weight is 416 g/mol. The van der Waals surface area contributed by atoms with Crippen molar-refractivity contribution in [3.8, 4) is 17.0 Å². The highest BCUT2D eigenvalue weighted by atomic mass is 35.5. The van der Waals surface area contributed by atoms with Crippen LogP contribution in [0.15, 0.2) is 46.8 Å². The highest BCUT2D eigenvalue weighted by Gasteiger charge is 2.28. The topological polar surface area (TPSA) is 55.6 Å². The van der Waals surface area contributed by atoms with Crippen LogP contribution >= 0.6 is 22.9 Å². The number of nitrogens with zero attached hydrogens (tertiary/aromatic N) is 2. The van der Waals surface area contributed by atoms with E-state index < -0.39 is 5.82 Å². The van der Waals surface area contributed by atoms with Gasteiger partial charge in [-0.25, -0.2) is 9.38 Å². The van der Waals surface area contributed by atoms with E-state index in [0.717, 1.165) is 28.9 Å². The maximum Gasteiger partial charge on any atom is 0.262 e. The van der Waals surface area contributed by atoms with Gasteiger partial charge in [0.2, 0.25) is 0 Å². The zero-order valence-corrected chi connectivity index (χ0v) is 16.2. The molecule has 5 rings (SSSR count). The quantitative estimate of drug-likeness (QED) is 0.661. The number of benzene rings is 2. The fourth-order valence-electron chi connectivity index (χ4n) is 3.21. The fourth-order valence-corrected chi connectivity index (χ4v) is 4.31. The monoisotopic (exact) mass is 415 g/mol. The van der Waals surface area contributed by atoms with Crippen molar-refractivity contribution in [3.63, 3.8) is 0 Å². The Bertz CT molecular complexity index is 1170. The Labute approximate surface area is 169 Å². The Morgan fingerprint density at radius 1 is 1.25 bits per heavy atom. The molecule has 0 saturated heterocycles. The lowest BCUT2D eigenvalue weighted by molar-refractivity contribution is -0.118. The standard InChI is InChI=1S/C20H15ClFN3O2S/c21-14-5-2-12(8-15(14)22)23-20-25(13-3-4-13)17(10-28-20)11-1-6-18-16(7-11)24-19(26)9-27-18/h1-2,5-8,10,13H,3-4,9H2,(H,24,26). The fraction of sp³-hybridized carbons (Fsp3) is 0.200. The minimum absolute atomic E-state index is 0.0353. The first kappa shape index (κ1) is 17.5. The summed E-state index contributed by atoms with van der Waals surface area (Å²) in [5, 5.41) is 4.97. The van der Waals surface area contributed by atoms with Crippen LogP contribution in [-0.2, 0) is 4.79 Å². The van der Waals surface area contributed by atoms with Crippen LogP contribution in [0.2, 0.25) is 5.02 Å². The van der Waals surface area contributed by atoms with E-state index in [9.17, 15) is 9.18 Å². The molecule has 1 aliphatic heterocycles. The predicted octanol–water partition coefficient (Wildman–Crippen LogP) is 4.91. The van der Waals surface area contributed by atoms with Gasteiger partial charge in [-0.2, -0.15) is 0 Å². The molecular weight excluding hydrogens is 401 g/mol. The van der Waals surface area contributed by atoms with E-state index in [1.54, 1.807) is 6.07 Å². The normalized spacial score (nSPS) is 16.5. The van der Waals surface area contributed by atoms with Gasteiger partial charge in [-0.3, -0.25) is 4.79 Å². The number of rotatable bonds is 3. The van der Waals surface area contributed by atoms with Gasteiger partial charge >= 0.3 is 0 Å². The number of hydrogen-bond donors (Lipinski definition) is 1. The summed E-state index contributed by atoms with van der Waals surface area (Å²) in [5.41, 5.74) is 3.18. The third-order valence-corrected chi connectivity index (χ3v) is 5.84. The molecule has 1 saturated carbocycles. The first-order valence-electron chi connectivity index (χ1n) is 8.85. The van der Waals surface area contributed by atoms with Crippen molar-refractivity contribution in [2.75, 3.05) is 11.9 Å². The summed E-state index contributed by atoms with van der Waals surface area (Å²) >= 11 is 7.27. The van der Waals surface area contributed by atoms with Crippen LogP contribution in [0.4, 0.5) is 15.8 Å². The molecule has 0 spiro atoms. The third-order valence-electron chi connectivity index (χ3n) is 4.69. The number of carbonyl (C=O) groups is 1. The second-order valence-corrected chi connectivity index (χ2v) is 8.01. The van der Waals surface area contributed by atoms with Gasteiger partial charge in [-0.05, 0) is 43.2 Å². The van der Waals surface area contributed by atoms with E-state index in [1.807, 2.05) is 23.6 Å². The predicted molar refractivity (Wildman–Crippen MR) is 107 cm³/mol. The number of anilines is 1.